The van der Waals surface area contributed by atoms with E-state index in [-0.39, 0.29) is 5.41 Å². The van der Waals surface area contributed by atoms with Gasteiger partial charge < -0.3 is 0 Å². The van der Waals surface area contributed by atoms with Crippen molar-refractivity contribution < 1.29 is 0 Å². The Kier molecular flexibility index (Phi) is 24.2. The summed E-state index contributed by atoms with van der Waals surface area (Å²) in [4.78, 5) is 0. The molecule has 0 nitrogen and oxygen atoms in total. The molecule has 10 aromatic carbocycles. The highest BCUT2D eigenvalue weighted by atomic mass is 14.2. The van der Waals surface area contributed by atoms with Crippen LogP contribution in [-0.2, 0) is 18.3 Å². The van der Waals surface area contributed by atoms with Crippen LogP contribution < -0.4 is 0 Å². The van der Waals surface area contributed by atoms with E-state index in [4.69, 9.17) is 0 Å². The SMILES string of the molecule is Cc1cc(C)c(C)c(C)c1.Cc1ccc(-c2ccccc2)cc1.Cc1ccc(C(C)(C)C)cc1.Cc1ccc(C)cc1.Cc1ccc2ccccc2c1.Cc1cccc(-c2ccccc2)c1.Cc1cccc2c1CCCC2. The molecule has 0 saturated carbocycles. The van der Waals surface area contributed by atoms with Crippen LogP contribution in [0, 0.1) is 76.2 Å². The minimum atomic E-state index is 0.285. The van der Waals surface area contributed by atoms with Crippen LogP contribution in [0.1, 0.15) is 112 Å². The van der Waals surface area contributed by atoms with Gasteiger partial charge in [-0.15, -0.1) is 0 Å². The molecule has 0 saturated heterocycles. The van der Waals surface area contributed by atoms with E-state index >= 15 is 0 Å². The summed E-state index contributed by atoms with van der Waals surface area (Å²) in [5, 5.41) is 2.64. The predicted octanol–water partition coefficient (Wildman–Crippen LogP) is 21.9. The molecular weight excluding hydrogens is 925 g/mol. The van der Waals surface area contributed by atoms with Crippen molar-refractivity contribution in [2.45, 2.75) is 128 Å². The number of hydrogen-bond donors (Lipinski definition) is 0. The standard InChI is InChI=1S/2C13H12.C11H14.C11H10.C11H16.C10H14.C8H10/c1-11-6-5-9-13(10-11)12-7-3-2-4-8-12;1-11-7-9-13(10-8-11)12-5-3-2-4-6-12;1-9-5-4-7-10-6-2-3-8-11(9)10;1-9-6-7-10-4-2-3-5-11(10)8-9;1-9-5-7-10(8-6-9)11(2,3)4;1-7-5-8(2)10(4)9(3)6-7;1-7-3-5-8(2)6-4-7/h2*2-10H,1H3;4-5,7H,2-3,6,8H2,1H3;2-8H,1H3;5-8H,1-4H3;5-6H,1-4H3;3-6H,1-2H3. The summed E-state index contributed by atoms with van der Waals surface area (Å²) in [5.41, 5.74) is 25.0. The normalized spacial score (nSPS) is 11.0. The molecule has 0 fully saturated rings. The fourth-order valence-corrected chi connectivity index (χ4v) is 9.06. The molecule has 0 spiro atoms. The predicted molar refractivity (Wildman–Crippen MR) is 341 cm³/mol. The third-order valence-corrected chi connectivity index (χ3v) is 14.0. The molecule has 77 heavy (non-hydrogen) atoms. The molecule has 0 heterocycles. The molecule has 0 unspecified atom stereocenters. The lowest BCUT2D eigenvalue weighted by atomic mass is 9.87. The third kappa shape index (κ3) is 21.2. The Morgan fingerprint density at radius 3 is 1.21 bits per heavy atom. The fourth-order valence-electron chi connectivity index (χ4n) is 9.06. The van der Waals surface area contributed by atoms with Gasteiger partial charge in [0, 0.05) is 0 Å². The zero-order valence-electron chi connectivity index (χ0n) is 49.3. The van der Waals surface area contributed by atoms with Gasteiger partial charge in [0.2, 0.25) is 0 Å². The summed E-state index contributed by atoms with van der Waals surface area (Å²) < 4.78 is 0. The number of rotatable bonds is 2. The van der Waals surface area contributed by atoms with E-state index in [1.807, 2.05) is 12.1 Å². The minimum Gasteiger partial charge on any atom is -0.0622 e. The van der Waals surface area contributed by atoms with E-state index in [1.165, 1.54) is 125 Å². The summed E-state index contributed by atoms with van der Waals surface area (Å²) in [6, 6.07) is 81.3. The van der Waals surface area contributed by atoms with Crippen LogP contribution in [0.2, 0.25) is 0 Å². The molecule has 10 aromatic rings. The molecule has 0 heteroatoms. The number of fused-ring (bicyclic) bond motifs is 2. The molecule has 396 valence electrons. The van der Waals surface area contributed by atoms with Gasteiger partial charge in [0.1, 0.15) is 0 Å². The fraction of sp³-hybridized carbons (Fsp3) is 0.247. The second-order valence-corrected chi connectivity index (χ2v) is 22.0. The molecule has 1 aliphatic rings. The first-order valence-electron chi connectivity index (χ1n) is 27.8. The van der Waals surface area contributed by atoms with Crippen molar-refractivity contribution in [1.82, 2.24) is 0 Å². The van der Waals surface area contributed by atoms with E-state index in [0.29, 0.717) is 0 Å². The topological polar surface area (TPSA) is 0 Å². The molecule has 0 aliphatic heterocycles. The summed E-state index contributed by atoms with van der Waals surface area (Å²) >= 11 is 0. The average molecular weight is 1010 g/mol. The lowest BCUT2D eigenvalue weighted by Gasteiger charge is -2.18. The Morgan fingerprint density at radius 2 is 0.688 bits per heavy atom. The second kappa shape index (κ2) is 30.9. The maximum Gasteiger partial charge on any atom is -0.0132 e. The van der Waals surface area contributed by atoms with Crippen LogP contribution >= 0.6 is 0 Å². The van der Waals surface area contributed by atoms with Crippen molar-refractivity contribution in [3.05, 3.63) is 308 Å². The van der Waals surface area contributed by atoms with Gasteiger partial charge in [-0.3, -0.25) is 0 Å². The van der Waals surface area contributed by atoms with Crippen LogP contribution in [0.3, 0.4) is 0 Å². The third-order valence-electron chi connectivity index (χ3n) is 14.0. The highest BCUT2D eigenvalue weighted by Crippen LogP contribution is 2.25. The van der Waals surface area contributed by atoms with Crippen LogP contribution in [0.15, 0.2) is 231 Å². The average Bonchev–Trinajstić information content (AvgIpc) is 3.43. The zero-order chi connectivity index (χ0) is 55.7. The number of aryl methyl sites for hydroxylation is 11. The van der Waals surface area contributed by atoms with Crippen LogP contribution in [0.5, 0.6) is 0 Å². The largest absolute Gasteiger partial charge is 0.0622 e. The number of hydrogen-bond acceptors (Lipinski definition) is 0. The van der Waals surface area contributed by atoms with Crippen molar-refractivity contribution in [3.8, 4) is 22.3 Å². The van der Waals surface area contributed by atoms with Gasteiger partial charge >= 0.3 is 0 Å². The van der Waals surface area contributed by atoms with Crippen LogP contribution in [0.4, 0.5) is 0 Å². The number of benzene rings is 10. The summed E-state index contributed by atoms with van der Waals surface area (Å²) in [5.74, 6) is 0. The first-order valence-corrected chi connectivity index (χ1v) is 27.8. The van der Waals surface area contributed by atoms with Crippen LogP contribution in [0.25, 0.3) is 33.0 Å². The Hall–Kier alpha value is -7.54. The molecule has 0 radical (unpaired) electrons. The quantitative estimate of drug-likeness (QED) is 0.162. The first kappa shape index (κ1) is 60.3. The van der Waals surface area contributed by atoms with Gasteiger partial charge in [0.05, 0.1) is 0 Å². The lowest BCUT2D eigenvalue weighted by Crippen LogP contribution is -2.10. The molecule has 1 aliphatic carbocycles. The zero-order valence-corrected chi connectivity index (χ0v) is 49.3. The highest BCUT2D eigenvalue weighted by Gasteiger charge is 2.12. The molecule has 11 rings (SSSR count). The Balaban J connectivity index is 0.000000166. The smallest absolute Gasteiger partial charge is 0.0132 e. The Bertz CT molecular complexity index is 3230. The molecular formula is C77H88. The van der Waals surface area contributed by atoms with Gasteiger partial charge in [-0.1, -0.05) is 290 Å². The van der Waals surface area contributed by atoms with Crippen molar-refractivity contribution in [2.24, 2.45) is 0 Å². The monoisotopic (exact) mass is 1010 g/mol. The molecule has 0 amide bonds. The second-order valence-electron chi connectivity index (χ2n) is 22.0. The van der Waals surface area contributed by atoms with E-state index in [2.05, 4.69) is 315 Å². The van der Waals surface area contributed by atoms with Crippen molar-refractivity contribution in [1.29, 1.82) is 0 Å². The minimum absolute atomic E-state index is 0.285. The van der Waals surface area contributed by atoms with Gasteiger partial charge in [0.25, 0.3) is 0 Å². The van der Waals surface area contributed by atoms with Crippen LogP contribution in [-0.4, -0.2) is 0 Å². The maximum absolute atomic E-state index is 2.28. The van der Waals surface area contributed by atoms with Gasteiger partial charge in [-0.05, 0) is 179 Å². The van der Waals surface area contributed by atoms with Gasteiger partial charge in [-0.2, -0.15) is 0 Å². The van der Waals surface area contributed by atoms with E-state index in [1.54, 1.807) is 11.1 Å². The molecule has 0 N–H and O–H groups in total. The van der Waals surface area contributed by atoms with E-state index in [9.17, 15) is 0 Å². The van der Waals surface area contributed by atoms with E-state index < -0.39 is 0 Å². The Labute approximate surface area is 467 Å². The summed E-state index contributed by atoms with van der Waals surface area (Å²) in [6.45, 7) is 30.2. The van der Waals surface area contributed by atoms with E-state index in [0.717, 1.165) is 0 Å². The Morgan fingerprint density at radius 1 is 0.273 bits per heavy atom. The lowest BCUT2D eigenvalue weighted by molar-refractivity contribution is 0.590. The van der Waals surface area contributed by atoms with Crippen molar-refractivity contribution in [2.75, 3.05) is 0 Å². The summed E-state index contributed by atoms with van der Waals surface area (Å²) in [6.07, 6.45) is 5.38. The molecule has 0 atom stereocenters. The molecule has 0 aromatic heterocycles. The van der Waals surface area contributed by atoms with Gasteiger partial charge in [-0.25, -0.2) is 0 Å². The maximum atomic E-state index is 2.28. The van der Waals surface area contributed by atoms with Gasteiger partial charge in [0.15, 0.2) is 0 Å². The highest BCUT2D eigenvalue weighted by molar-refractivity contribution is 5.82. The molecule has 0 bridgehead atoms. The summed E-state index contributed by atoms with van der Waals surface area (Å²) in [7, 11) is 0. The first-order chi connectivity index (χ1) is 36.9. The van der Waals surface area contributed by atoms with Crippen molar-refractivity contribution >= 4 is 10.8 Å². The van der Waals surface area contributed by atoms with Crippen molar-refractivity contribution in [3.63, 3.8) is 0 Å².